The van der Waals surface area contributed by atoms with Gasteiger partial charge < -0.3 is 5.11 Å². The first kappa shape index (κ1) is 4.33. The monoisotopic (exact) mass is 97.0 g/mol. The Kier molecular flexibility index (Phi) is 1.08. The van der Waals surface area contributed by atoms with Gasteiger partial charge in [0.2, 0.25) is 0 Å². The fraction of sp³-hybridized carbons (Fsp3) is 0.250. The highest BCUT2D eigenvalue weighted by Crippen LogP contribution is 1.77. The molecule has 0 aliphatic carbocycles. The Bertz CT molecular complexity index is 124. The average Bonchev–Trinajstić information content (AvgIpc) is 2.14. The molecule has 0 unspecified atom stereocenters. The summed E-state index contributed by atoms with van der Waals surface area (Å²) in [5.41, 5.74) is 0. The maximum Gasteiger partial charge on any atom is 0.136 e. The van der Waals surface area contributed by atoms with E-state index < -0.39 is 0 Å². The van der Waals surface area contributed by atoms with Crippen molar-refractivity contribution in [3.63, 3.8) is 0 Å². The van der Waals surface area contributed by atoms with Crippen molar-refractivity contribution in [1.29, 1.82) is 0 Å². The lowest BCUT2D eigenvalue weighted by Crippen LogP contribution is -1.94. The Morgan fingerprint density at radius 1 is 1.86 bits per heavy atom. The van der Waals surface area contributed by atoms with E-state index in [-0.39, 0.29) is 6.73 Å². The number of aliphatic hydroxyl groups excluding tert-OH is 1. The molecule has 3 heteroatoms. The molecule has 1 N–H and O–H groups in total. The summed E-state index contributed by atoms with van der Waals surface area (Å²) < 4.78 is 1.38. The lowest BCUT2D eigenvalue weighted by atomic mass is 10.8. The molecule has 0 saturated carbocycles. The van der Waals surface area contributed by atoms with Crippen molar-refractivity contribution in [1.82, 2.24) is 9.78 Å². The summed E-state index contributed by atoms with van der Waals surface area (Å²) in [5, 5.41) is 11.9. The SMILES string of the molecule is OCn1cc[c]n1. The van der Waals surface area contributed by atoms with Crippen LogP contribution in [0.3, 0.4) is 0 Å². The molecular weight excluding hydrogens is 92.1 g/mol. The van der Waals surface area contributed by atoms with Gasteiger partial charge in [-0.15, -0.1) is 0 Å². The van der Waals surface area contributed by atoms with Crippen LogP contribution in [0.2, 0.25) is 0 Å². The Morgan fingerprint density at radius 3 is 3.00 bits per heavy atom. The third-order valence-electron chi connectivity index (χ3n) is 0.652. The third kappa shape index (κ3) is 0.778. The van der Waals surface area contributed by atoms with Crippen molar-refractivity contribution in [2.75, 3.05) is 0 Å². The first-order chi connectivity index (χ1) is 3.43. The maximum atomic E-state index is 8.31. The van der Waals surface area contributed by atoms with Gasteiger partial charge in [0.05, 0.1) is 0 Å². The fourth-order valence-corrected chi connectivity index (χ4v) is 0.339. The smallest absolute Gasteiger partial charge is 0.136 e. The van der Waals surface area contributed by atoms with Gasteiger partial charge in [0.1, 0.15) is 12.9 Å². The zero-order valence-electron chi connectivity index (χ0n) is 3.70. The van der Waals surface area contributed by atoms with Gasteiger partial charge in [-0.25, -0.2) is 4.68 Å². The molecule has 0 fully saturated rings. The summed E-state index contributed by atoms with van der Waals surface area (Å²) in [7, 11) is 0. The van der Waals surface area contributed by atoms with Gasteiger partial charge in [-0.1, -0.05) is 0 Å². The molecular formula is C4H5N2O. The van der Waals surface area contributed by atoms with E-state index in [2.05, 4.69) is 11.3 Å². The van der Waals surface area contributed by atoms with E-state index in [0.29, 0.717) is 0 Å². The largest absolute Gasteiger partial charge is 0.374 e. The zero-order valence-corrected chi connectivity index (χ0v) is 3.70. The summed E-state index contributed by atoms with van der Waals surface area (Å²) in [4.78, 5) is 0. The van der Waals surface area contributed by atoms with Crippen LogP contribution in [-0.4, -0.2) is 14.9 Å². The maximum absolute atomic E-state index is 8.31. The standard InChI is InChI=1S/C4H5N2O/c7-4-6-3-1-2-5-6/h1,3,7H,4H2. The van der Waals surface area contributed by atoms with Crippen molar-refractivity contribution in [3.05, 3.63) is 18.5 Å². The predicted octanol–water partition coefficient (Wildman–Crippen LogP) is -0.367. The molecule has 0 aliphatic rings. The Labute approximate surface area is 41.2 Å². The van der Waals surface area contributed by atoms with Crippen LogP contribution in [0.15, 0.2) is 12.3 Å². The first-order valence-corrected chi connectivity index (χ1v) is 1.94. The second-order valence-electron chi connectivity index (χ2n) is 1.13. The van der Waals surface area contributed by atoms with Crippen LogP contribution in [0.5, 0.6) is 0 Å². The van der Waals surface area contributed by atoms with Gasteiger partial charge >= 0.3 is 0 Å². The second kappa shape index (κ2) is 1.75. The number of aliphatic hydroxyl groups is 1. The fourth-order valence-electron chi connectivity index (χ4n) is 0.339. The van der Waals surface area contributed by atoms with Crippen LogP contribution in [0, 0.1) is 6.20 Å². The van der Waals surface area contributed by atoms with E-state index >= 15 is 0 Å². The molecule has 0 saturated heterocycles. The molecule has 37 valence electrons. The number of nitrogens with zero attached hydrogens (tertiary/aromatic N) is 2. The van der Waals surface area contributed by atoms with E-state index in [1.807, 2.05) is 0 Å². The van der Waals surface area contributed by atoms with Crippen LogP contribution in [0.25, 0.3) is 0 Å². The predicted molar refractivity (Wildman–Crippen MR) is 23.3 cm³/mol. The molecule has 0 spiro atoms. The first-order valence-electron chi connectivity index (χ1n) is 1.94. The van der Waals surface area contributed by atoms with Gasteiger partial charge in [-0.2, -0.15) is 5.10 Å². The summed E-state index contributed by atoms with van der Waals surface area (Å²) >= 11 is 0. The molecule has 1 heterocycles. The minimum Gasteiger partial charge on any atom is -0.374 e. The van der Waals surface area contributed by atoms with Gasteiger partial charge in [-0.05, 0) is 6.07 Å². The van der Waals surface area contributed by atoms with E-state index in [4.69, 9.17) is 5.11 Å². The highest BCUT2D eigenvalue weighted by atomic mass is 16.3. The molecule has 0 aliphatic heterocycles. The third-order valence-corrected chi connectivity index (χ3v) is 0.652. The minimum absolute atomic E-state index is 0.0660. The van der Waals surface area contributed by atoms with Crippen molar-refractivity contribution < 1.29 is 5.11 Å². The van der Waals surface area contributed by atoms with Crippen LogP contribution in [0.4, 0.5) is 0 Å². The molecule has 3 nitrogen and oxygen atoms in total. The Balaban J connectivity index is 2.76. The molecule has 0 bridgehead atoms. The average molecular weight is 97.1 g/mol. The lowest BCUT2D eigenvalue weighted by molar-refractivity contribution is 0.195. The summed E-state index contributed by atoms with van der Waals surface area (Å²) in [5.74, 6) is 0. The minimum atomic E-state index is -0.0660. The molecule has 0 aromatic carbocycles. The van der Waals surface area contributed by atoms with Crippen molar-refractivity contribution in [2.24, 2.45) is 0 Å². The van der Waals surface area contributed by atoms with Gasteiger partial charge in [0, 0.05) is 6.20 Å². The van der Waals surface area contributed by atoms with Crippen LogP contribution < -0.4 is 0 Å². The van der Waals surface area contributed by atoms with Gasteiger partial charge in [-0.3, -0.25) is 0 Å². The van der Waals surface area contributed by atoms with Crippen LogP contribution in [0.1, 0.15) is 0 Å². The lowest BCUT2D eigenvalue weighted by Gasteiger charge is -1.86. The summed E-state index contributed by atoms with van der Waals surface area (Å²) in [6, 6.07) is 1.64. The summed E-state index contributed by atoms with van der Waals surface area (Å²) in [6.07, 6.45) is 4.17. The number of hydrogen-bond donors (Lipinski definition) is 1. The number of aromatic nitrogens is 2. The van der Waals surface area contributed by atoms with Crippen LogP contribution >= 0.6 is 0 Å². The normalized spacial score (nSPS) is 9.29. The van der Waals surface area contributed by atoms with E-state index in [9.17, 15) is 0 Å². The van der Waals surface area contributed by atoms with Gasteiger partial charge in [0.15, 0.2) is 0 Å². The van der Waals surface area contributed by atoms with E-state index in [1.54, 1.807) is 12.3 Å². The molecule has 1 aromatic rings. The van der Waals surface area contributed by atoms with E-state index in [0.717, 1.165) is 0 Å². The van der Waals surface area contributed by atoms with Crippen molar-refractivity contribution in [3.8, 4) is 0 Å². The highest BCUT2D eigenvalue weighted by Gasteiger charge is 1.79. The zero-order chi connectivity index (χ0) is 5.11. The Hall–Kier alpha value is -0.830. The number of rotatable bonds is 1. The molecule has 1 rings (SSSR count). The topological polar surface area (TPSA) is 38.0 Å². The molecule has 7 heavy (non-hydrogen) atoms. The highest BCUT2D eigenvalue weighted by molar-refractivity contribution is 4.73. The van der Waals surface area contributed by atoms with Gasteiger partial charge in [0.25, 0.3) is 0 Å². The van der Waals surface area contributed by atoms with Crippen molar-refractivity contribution in [2.45, 2.75) is 6.73 Å². The quantitative estimate of drug-likeness (QED) is 0.519. The summed E-state index contributed by atoms with van der Waals surface area (Å²) in [6.45, 7) is -0.0660. The van der Waals surface area contributed by atoms with Crippen molar-refractivity contribution >= 4 is 0 Å². The second-order valence-corrected chi connectivity index (χ2v) is 1.13. The molecule has 0 amide bonds. The molecule has 0 atom stereocenters. The Morgan fingerprint density at radius 2 is 2.71 bits per heavy atom. The van der Waals surface area contributed by atoms with Crippen LogP contribution in [-0.2, 0) is 6.73 Å². The number of hydrogen-bond acceptors (Lipinski definition) is 2. The molecule has 1 aromatic heterocycles. The van der Waals surface area contributed by atoms with E-state index in [1.165, 1.54) is 4.68 Å². The molecule has 1 radical (unpaired) electrons.